The summed E-state index contributed by atoms with van der Waals surface area (Å²) in [6.45, 7) is 2.59. The lowest BCUT2D eigenvalue weighted by Crippen LogP contribution is -2.39. The number of fused-ring (bicyclic) bond motifs is 1. The van der Waals surface area contributed by atoms with Crippen molar-refractivity contribution in [3.05, 3.63) is 60.1 Å². The number of H-pyrrole nitrogens is 1. The van der Waals surface area contributed by atoms with Crippen molar-refractivity contribution in [1.82, 2.24) is 29.8 Å². The molecule has 4 heterocycles. The third-order valence-electron chi connectivity index (χ3n) is 4.26. The van der Waals surface area contributed by atoms with Gasteiger partial charge in [0, 0.05) is 43.3 Å². The van der Waals surface area contributed by atoms with Gasteiger partial charge in [-0.05, 0) is 19.1 Å². The molecule has 1 N–H and O–H groups in total. The van der Waals surface area contributed by atoms with Crippen LogP contribution >= 0.6 is 0 Å². The minimum atomic E-state index is -0.105. The smallest absolute Gasteiger partial charge is 0.290 e. The normalized spacial score (nSPS) is 16.7. The molecule has 3 aromatic heterocycles. The molecule has 0 saturated carbocycles. The number of hydrogen-bond donors (Lipinski definition) is 1. The van der Waals surface area contributed by atoms with Gasteiger partial charge in [-0.15, -0.1) is 0 Å². The highest BCUT2D eigenvalue weighted by Gasteiger charge is 2.30. The molecule has 0 radical (unpaired) electrons. The molecule has 120 valence electrons. The van der Waals surface area contributed by atoms with E-state index in [1.165, 1.54) is 0 Å². The van der Waals surface area contributed by atoms with Gasteiger partial charge in [0.1, 0.15) is 5.69 Å². The molecule has 1 amide bonds. The first-order valence-electron chi connectivity index (χ1n) is 7.81. The first kappa shape index (κ1) is 14.5. The molecule has 7 nitrogen and oxygen atoms in total. The van der Waals surface area contributed by atoms with E-state index < -0.39 is 0 Å². The molecular formula is C17H16N6O. The molecule has 0 aromatic carbocycles. The largest absolute Gasteiger partial charge is 0.341 e. The van der Waals surface area contributed by atoms with Gasteiger partial charge in [-0.25, -0.2) is 15.0 Å². The topological polar surface area (TPSA) is 87.7 Å². The molecule has 4 rings (SSSR count). The zero-order valence-electron chi connectivity index (χ0n) is 13.2. The number of hydrogen-bond acceptors (Lipinski definition) is 5. The maximum absolute atomic E-state index is 12.6. The van der Waals surface area contributed by atoms with Gasteiger partial charge in [0.25, 0.3) is 5.91 Å². The molecule has 1 unspecified atom stereocenters. The quantitative estimate of drug-likeness (QED) is 0.780. The summed E-state index contributed by atoms with van der Waals surface area (Å²) in [6, 6.07) is 5.57. The number of amides is 1. The van der Waals surface area contributed by atoms with Crippen molar-refractivity contribution in [2.75, 3.05) is 6.54 Å². The summed E-state index contributed by atoms with van der Waals surface area (Å²) in [7, 11) is 0. The summed E-state index contributed by atoms with van der Waals surface area (Å²) in [4.78, 5) is 34.6. The lowest BCUT2D eigenvalue weighted by Gasteiger charge is -2.33. The van der Waals surface area contributed by atoms with Crippen LogP contribution in [0.1, 0.15) is 34.8 Å². The number of nitrogens with one attached hydrogen (secondary N) is 1. The van der Waals surface area contributed by atoms with Crippen LogP contribution in [-0.4, -0.2) is 42.3 Å². The third-order valence-corrected chi connectivity index (χ3v) is 4.26. The van der Waals surface area contributed by atoms with Gasteiger partial charge in [-0.1, -0.05) is 6.07 Å². The van der Waals surface area contributed by atoms with Crippen molar-refractivity contribution in [3.8, 4) is 11.5 Å². The van der Waals surface area contributed by atoms with Crippen LogP contribution < -0.4 is 0 Å². The van der Waals surface area contributed by atoms with Crippen LogP contribution in [0.4, 0.5) is 0 Å². The molecule has 1 aliphatic heterocycles. The van der Waals surface area contributed by atoms with Crippen LogP contribution in [0, 0.1) is 0 Å². The van der Waals surface area contributed by atoms with Crippen molar-refractivity contribution < 1.29 is 4.79 Å². The second kappa shape index (κ2) is 5.84. The predicted octanol–water partition coefficient (Wildman–Crippen LogP) is 2.02. The molecule has 0 fully saturated rings. The van der Waals surface area contributed by atoms with Crippen molar-refractivity contribution in [3.63, 3.8) is 0 Å². The summed E-state index contributed by atoms with van der Waals surface area (Å²) in [6.07, 6.45) is 7.45. The van der Waals surface area contributed by atoms with Crippen molar-refractivity contribution >= 4 is 5.91 Å². The van der Waals surface area contributed by atoms with E-state index in [0.717, 1.165) is 17.0 Å². The Labute approximate surface area is 138 Å². The van der Waals surface area contributed by atoms with Crippen LogP contribution in [0.2, 0.25) is 0 Å². The fourth-order valence-electron chi connectivity index (χ4n) is 2.98. The van der Waals surface area contributed by atoms with E-state index in [0.29, 0.717) is 24.6 Å². The highest BCUT2D eigenvalue weighted by Crippen LogP contribution is 2.29. The number of rotatable bonds is 2. The molecular weight excluding hydrogens is 304 g/mol. The Bertz CT molecular complexity index is 862. The minimum Gasteiger partial charge on any atom is -0.341 e. The van der Waals surface area contributed by atoms with Crippen molar-refractivity contribution in [2.45, 2.75) is 19.4 Å². The SMILES string of the molecule is CC1c2cnc(-c3ccccn3)nc2CCN1C(=O)c1ncc[nH]1. The van der Waals surface area contributed by atoms with Gasteiger partial charge in [-0.3, -0.25) is 9.78 Å². The number of nitrogens with zero attached hydrogens (tertiary/aromatic N) is 5. The first-order chi connectivity index (χ1) is 11.7. The molecule has 1 atom stereocenters. The Kier molecular flexibility index (Phi) is 3.53. The van der Waals surface area contributed by atoms with Crippen LogP contribution in [0.15, 0.2) is 43.0 Å². The summed E-state index contributed by atoms with van der Waals surface area (Å²) < 4.78 is 0. The van der Waals surface area contributed by atoms with Crippen LogP contribution in [0.3, 0.4) is 0 Å². The van der Waals surface area contributed by atoms with E-state index in [1.807, 2.05) is 25.1 Å². The molecule has 0 bridgehead atoms. The minimum absolute atomic E-state index is 0.0934. The number of aromatic nitrogens is 5. The Balaban J connectivity index is 1.64. The lowest BCUT2D eigenvalue weighted by atomic mass is 9.99. The lowest BCUT2D eigenvalue weighted by molar-refractivity contribution is 0.0664. The molecule has 0 aliphatic carbocycles. The van der Waals surface area contributed by atoms with E-state index in [-0.39, 0.29) is 11.9 Å². The van der Waals surface area contributed by atoms with E-state index >= 15 is 0 Å². The molecule has 24 heavy (non-hydrogen) atoms. The maximum atomic E-state index is 12.6. The van der Waals surface area contributed by atoms with Crippen LogP contribution in [-0.2, 0) is 6.42 Å². The summed E-state index contributed by atoms with van der Waals surface area (Å²) in [5.41, 5.74) is 2.70. The highest BCUT2D eigenvalue weighted by atomic mass is 16.2. The maximum Gasteiger partial charge on any atom is 0.290 e. The Hall–Kier alpha value is -3.09. The number of carbonyl (C=O) groups is 1. The average Bonchev–Trinajstić information content (AvgIpc) is 3.17. The predicted molar refractivity (Wildman–Crippen MR) is 87.0 cm³/mol. The molecule has 7 heteroatoms. The van der Waals surface area contributed by atoms with Gasteiger partial charge in [-0.2, -0.15) is 0 Å². The number of imidazole rings is 1. The zero-order valence-corrected chi connectivity index (χ0v) is 13.2. The summed E-state index contributed by atoms with van der Waals surface area (Å²) in [5.74, 6) is 0.871. The second-order valence-electron chi connectivity index (χ2n) is 5.67. The molecule has 3 aromatic rings. The van der Waals surface area contributed by atoms with Gasteiger partial charge in [0.15, 0.2) is 11.6 Å². The zero-order chi connectivity index (χ0) is 16.5. The highest BCUT2D eigenvalue weighted by molar-refractivity contribution is 5.91. The third kappa shape index (κ3) is 2.44. The van der Waals surface area contributed by atoms with E-state index in [4.69, 9.17) is 0 Å². The molecule has 1 aliphatic rings. The molecule has 0 saturated heterocycles. The fourth-order valence-corrected chi connectivity index (χ4v) is 2.98. The second-order valence-corrected chi connectivity index (χ2v) is 5.67. The average molecular weight is 320 g/mol. The van der Waals surface area contributed by atoms with Crippen LogP contribution in [0.25, 0.3) is 11.5 Å². The van der Waals surface area contributed by atoms with E-state index in [2.05, 4.69) is 24.9 Å². The number of carbonyl (C=O) groups excluding carboxylic acids is 1. The monoisotopic (exact) mass is 320 g/mol. The van der Waals surface area contributed by atoms with Crippen LogP contribution in [0.5, 0.6) is 0 Å². The van der Waals surface area contributed by atoms with Gasteiger partial charge in [0.2, 0.25) is 0 Å². The van der Waals surface area contributed by atoms with Gasteiger partial charge in [0.05, 0.1) is 11.7 Å². The van der Waals surface area contributed by atoms with E-state index in [1.54, 1.807) is 29.7 Å². The first-order valence-corrected chi connectivity index (χ1v) is 7.81. The number of pyridine rings is 1. The fraction of sp³-hybridized carbons (Fsp3) is 0.235. The Morgan fingerprint density at radius 2 is 2.17 bits per heavy atom. The van der Waals surface area contributed by atoms with Crippen molar-refractivity contribution in [2.24, 2.45) is 0 Å². The Morgan fingerprint density at radius 3 is 2.92 bits per heavy atom. The summed E-state index contributed by atoms with van der Waals surface area (Å²) in [5, 5.41) is 0. The molecule has 0 spiro atoms. The standard InChI is InChI=1S/C17H16N6O/c1-11-12-10-21-15(14-4-2-3-6-18-14)22-13(12)5-9-23(11)17(24)16-19-7-8-20-16/h2-4,6-8,10-11H,5,9H2,1H3,(H,19,20). The van der Waals surface area contributed by atoms with Crippen molar-refractivity contribution in [1.29, 1.82) is 0 Å². The summed E-state index contributed by atoms with van der Waals surface area (Å²) >= 11 is 0. The van der Waals surface area contributed by atoms with Gasteiger partial charge < -0.3 is 9.88 Å². The number of aromatic amines is 1. The van der Waals surface area contributed by atoms with Gasteiger partial charge >= 0.3 is 0 Å². The Morgan fingerprint density at radius 1 is 1.25 bits per heavy atom. The van der Waals surface area contributed by atoms with E-state index in [9.17, 15) is 4.79 Å².